The van der Waals surface area contributed by atoms with Crippen LogP contribution in [-0.4, -0.2) is 70.2 Å². The smallest absolute Gasteiger partial charge is 0.337 e. The molecule has 1 rings (SSSR count). The lowest BCUT2D eigenvalue weighted by Gasteiger charge is -2.41. The van der Waals surface area contributed by atoms with E-state index >= 15 is 0 Å². The zero-order valence-electron chi connectivity index (χ0n) is 10.3. The molecule has 5 atom stereocenters. The van der Waals surface area contributed by atoms with Gasteiger partial charge in [0.15, 0.2) is 12.4 Å². The molecule has 0 saturated carbocycles. The first-order valence-corrected chi connectivity index (χ1v) is 5.10. The Kier molecular flexibility index (Phi) is 5.29. The summed E-state index contributed by atoms with van der Waals surface area (Å²) in [7, 11) is 5.48. The Morgan fingerprint density at radius 2 is 1.65 bits per heavy atom. The molecule has 7 heteroatoms. The molecule has 1 N–H and O–H groups in total. The van der Waals surface area contributed by atoms with Crippen LogP contribution in [0.2, 0.25) is 0 Å². The number of carbonyl (C=O) groups excluding carboxylic acids is 1. The Bertz CT molecular complexity index is 257. The summed E-state index contributed by atoms with van der Waals surface area (Å²) in [5.74, 6) is -0.684. The number of rotatable bonds is 4. The molecular weight excluding hydrogens is 232 g/mol. The topological polar surface area (TPSA) is 83.5 Å². The van der Waals surface area contributed by atoms with Gasteiger partial charge >= 0.3 is 5.97 Å². The minimum Gasteiger partial charge on any atom is -0.467 e. The molecule has 1 saturated heterocycles. The van der Waals surface area contributed by atoms with Crippen molar-refractivity contribution in [2.75, 3.05) is 28.4 Å². The Hall–Kier alpha value is -0.730. The summed E-state index contributed by atoms with van der Waals surface area (Å²) in [5, 5.41) is 9.96. The van der Waals surface area contributed by atoms with Crippen molar-refractivity contribution < 1.29 is 33.6 Å². The van der Waals surface area contributed by atoms with Crippen molar-refractivity contribution in [3.8, 4) is 0 Å². The van der Waals surface area contributed by atoms with Gasteiger partial charge in [0.25, 0.3) is 0 Å². The van der Waals surface area contributed by atoms with Gasteiger partial charge in [0.1, 0.15) is 18.3 Å². The Morgan fingerprint density at radius 1 is 1.06 bits per heavy atom. The SMILES string of the molecule is COC(=O)[C@H]1O[C@H](OC)[C@@H](OC)[C@@H](OC)[C@@H]1O. The van der Waals surface area contributed by atoms with Crippen LogP contribution >= 0.6 is 0 Å². The highest BCUT2D eigenvalue weighted by Crippen LogP contribution is 2.26. The van der Waals surface area contributed by atoms with Crippen LogP contribution in [0.15, 0.2) is 0 Å². The molecule has 0 aromatic heterocycles. The average molecular weight is 250 g/mol. The molecule has 0 aliphatic carbocycles. The van der Waals surface area contributed by atoms with Gasteiger partial charge in [0, 0.05) is 21.3 Å². The van der Waals surface area contributed by atoms with E-state index in [2.05, 4.69) is 4.74 Å². The molecule has 100 valence electrons. The Labute approximate surface area is 99.5 Å². The second kappa shape index (κ2) is 6.27. The second-order valence-corrected chi connectivity index (χ2v) is 3.58. The van der Waals surface area contributed by atoms with Crippen LogP contribution in [0.4, 0.5) is 0 Å². The molecule has 0 radical (unpaired) electrons. The third-order valence-electron chi connectivity index (χ3n) is 2.73. The van der Waals surface area contributed by atoms with E-state index in [0.29, 0.717) is 0 Å². The molecule has 0 unspecified atom stereocenters. The number of carbonyl (C=O) groups is 1. The number of hydrogen-bond acceptors (Lipinski definition) is 7. The van der Waals surface area contributed by atoms with E-state index < -0.39 is 36.7 Å². The van der Waals surface area contributed by atoms with E-state index in [9.17, 15) is 9.90 Å². The van der Waals surface area contributed by atoms with Crippen LogP contribution in [0.25, 0.3) is 0 Å². The highest BCUT2D eigenvalue weighted by Gasteiger charge is 2.49. The third-order valence-corrected chi connectivity index (χ3v) is 2.73. The van der Waals surface area contributed by atoms with Crippen molar-refractivity contribution in [1.29, 1.82) is 0 Å². The highest BCUT2D eigenvalue weighted by atomic mass is 16.7. The van der Waals surface area contributed by atoms with Crippen molar-refractivity contribution in [2.24, 2.45) is 0 Å². The summed E-state index contributed by atoms with van der Waals surface area (Å²) in [6, 6.07) is 0. The predicted molar refractivity (Wildman–Crippen MR) is 55.3 cm³/mol. The van der Waals surface area contributed by atoms with Crippen molar-refractivity contribution >= 4 is 5.97 Å². The molecular formula is C10H18O7. The van der Waals surface area contributed by atoms with Gasteiger partial charge in [-0.2, -0.15) is 0 Å². The van der Waals surface area contributed by atoms with E-state index in [1.807, 2.05) is 0 Å². The van der Waals surface area contributed by atoms with E-state index in [4.69, 9.17) is 18.9 Å². The fraction of sp³-hybridized carbons (Fsp3) is 0.900. The van der Waals surface area contributed by atoms with E-state index in [1.54, 1.807) is 0 Å². The molecule has 1 aliphatic rings. The quantitative estimate of drug-likeness (QED) is 0.635. The molecule has 0 aromatic rings. The molecule has 0 spiro atoms. The predicted octanol–water partition coefficient (Wildman–Crippen LogP) is -1.08. The van der Waals surface area contributed by atoms with E-state index in [0.717, 1.165) is 0 Å². The lowest BCUT2D eigenvalue weighted by molar-refractivity contribution is -0.296. The fourth-order valence-electron chi connectivity index (χ4n) is 1.84. The van der Waals surface area contributed by atoms with Gasteiger partial charge in [0.05, 0.1) is 7.11 Å². The Morgan fingerprint density at radius 3 is 2.06 bits per heavy atom. The van der Waals surface area contributed by atoms with Crippen LogP contribution in [0.1, 0.15) is 0 Å². The molecule has 0 bridgehead atoms. The number of hydrogen-bond donors (Lipinski definition) is 1. The number of methoxy groups -OCH3 is 4. The molecule has 1 heterocycles. The van der Waals surface area contributed by atoms with Gasteiger partial charge in [0.2, 0.25) is 0 Å². The number of ether oxygens (including phenoxy) is 5. The van der Waals surface area contributed by atoms with Gasteiger partial charge in [-0.1, -0.05) is 0 Å². The average Bonchev–Trinajstić information content (AvgIpc) is 2.36. The molecule has 17 heavy (non-hydrogen) atoms. The van der Waals surface area contributed by atoms with Crippen molar-refractivity contribution in [1.82, 2.24) is 0 Å². The van der Waals surface area contributed by atoms with Crippen LogP contribution < -0.4 is 0 Å². The second-order valence-electron chi connectivity index (χ2n) is 3.58. The molecule has 7 nitrogen and oxygen atoms in total. The number of aliphatic hydroxyl groups is 1. The maximum atomic E-state index is 11.4. The standard InChI is InChI=1S/C10H18O7/c1-13-6-5(11)7(9(12)15-3)17-10(16-4)8(6)14-2/h5-8,10-11H,1-4H3/t5-,6-,7-,8-,10-/m0/s1. The van der Waals surface area contributed by atoms with Gasteiger partial charge in [-0.15, -0.1) is 0 Å². The van der Waals surface area contributed by atoms with Crippen LogP contribution in [0.5, 0.6) is 0 Å². The molecule has 1 aliphatic heterocycles. The summed E-state index contributed by atoms with van der Waals surface area (Å²) in [4.78, 5) is 11.4. The monoisotopic (exact) mass is 250 g/mol. The van der Waals surface area contributed by atoms with E-state index in [-0.39, 0.29) is 0 Å². The maximum Gasteiger partial charge on any atom is 0.337 e. The highest BCUT2D eigenvalue weighted by molar-refractivity contribution is 5.75. The lowest BCUT2D eigenvalue weighted by atomic mass is 9.98. The van der Waals surface area contributed by atoms with Crippen LogP contribution in [0.3, 0.4) is 0 Å². The minimum absolute atomic E-state index is 0.624. The molecule has 0 amide bonds. The van der Waals surface area contributed by atoms with Crippen molar-refractivity contribution in [3.63, 3.8) is 0 Å². The maximum absolute atomic E-state index is 11.4. The summed E-state index contributed by atoms with van der Waals surface area (Å²) in [6.45, 7) is 0. The first-order chi connectivity index (χ1) is 8.10. The zero-order chi connectivity index (χ0) is 13.0. The number of esters is 1. The Balaban J connectivity index is 2.89. The van der Waals surface area contributed by atoms with Crippen LogP contribution in [0, 0.1) is 0 Å². The number of aliphatic hydroxyl groups excluding tert-OH is 1. The molecule has 0 aromatic carbocycles. The van der Waals surface area contributed by atoms with Crippen molar-refractivity contribution in [2.45, 2.75) is 30.7 Å². The van der Waals surface area contributed by atoms with Gasteiger partial charge in [-0.25, -0.2) is 4.79 Å². The largest absolute Gasteiger partial charge is 0.467 e. The fourth-order valence-corrected chi connectivity index (χ4v) is 1.84. The summed E-state index contributed by atoms with van der Waals surface area (Å²) >= 11 is 0. The first kappa shape index (κ1) is 14.3. The zero-order valence-corrected chi connectivity index (χ0v) is 10.3. The van der Waals surface area contributed by atoms with Gasteiger partial charge in [-0.3, -0.25) is 0 Å². The van der Waals surface area contributed by atoms with Crippen molar-refractivity contribution in [3.05, 3.63) is 0 Å². The lowest BCUT2D eigenvalue weighted by Crippen LogP contribution is -2.61. The van der Waals surface area contributed by atoms with Gasteiger partial charge in [-0.05, 0) is 0 Å². The third kappa shape index (κ3) is 2.75. The first-order valence-electron chi connectivity index (χ1n) is 5.10. The summed E-state index contributed by atoms with van der Waals surface area (Å²) < 4.78 is 25.1. The molecule has 1 fully saturated rings. The summed E-state index contributed by atoms with van der Waals surface area (Å²) in [5.41, 5.74) is 0. The van der Waals surface area contributed by atoms with E-state index in [1.165, 1.54) is 28.4 Å². The van der Waals surface area contributed by atoms with Gasteiger partial charge < -0.3 is 28.8 Å². The van der Waals surface area contributed by atoms with Crippen LogP contribution in [-0.2, 0) is 28.5 Å². The summed E-state index contributed by atoms with van der Waals surface area (Å²) in [6.07, 6.45) is -4.49. The normalized spacial score (nSPS) is 37.8. The minimum atomic E-state index is -1.18.